The van der Waals surface area contributed by atoms with E-state index in [1.165, 1.54) is 24.3 Å². The van der Waals surface area contributed by atoms with Crippen LogP contribution < -0.4 is 21.0 Å². The molecule has 3 amide bonds. The minimum absolute atomic E-state index is 0.113. The zero-order valence-electron chi connectivity index (χ0n) is 17.6. The van der Waals surface area contributed by atoms with Gasteiger partial charge in [-0.15, -0.1) is 0 Å². The number of aliphatic hydroxyl groups excluding tert-OH is 1. The highest BCUT2D eigenvalue weighted by Crippen LogP contribution is 2.11. The molecule has 0 fully saturated rings. The van der Waals surface area contributed by atoms with Crippen molar-refractivity contribution in [3.8, 4) is 0 Å². The molecule has 0 saturated heterocycles. The monoisotopic (exact) mass is 425 g/mol. The summed E-state index contributed by atoms with van der Waals surface area (Å²) < 4.78 is 0. The minimum Gasteiger partial charge on any atom is -0.395 e. The second-order valence-corrected chi connectivity index (χ2v) is 6.85. The van der Waals surface area contributed by atoms with Gasteiger partial charge < -0.3 is 20.6 Å². The van der Waals surface area contributed by atoms with Crippen molar-refractivity contribution in [3.63, 3.8) is 0 Å². The molecule has 164 valence electrons. The third-order valence-corrected chi connectivity index (χ3v) is 4.25. The Morgan fingerprint density at radius 3 is 2.29 bits per heavy atom. The average molecular weight is 425 g/mol. The van der Waals surface area contributed by atoms with E-state index in [4.69, 9.17) is 5.11 Å². The predicted octanol–water partition coefficient (Wildman–Crippen LogP) is 0.745. The molecule has 0 unspecified atom stereocenters. The van der Waals surface area contributed by atoms with Crippen LogP contribution in [0.2, 0.25) is 0 Å². The van der Waals surface area contributed by atoms with E-state index in [1.807, 2.05) is 43.3 Å². The van der Waals surface area contributed by atoms with E-state index >= 15 is 0 Å². The molecule has 0 aliphatic carbocycles. The first kappa shape index (κ1) is 23.6. The van der Waals surface area contributed by atoms with Crippen LogP contribution in [0.5, 0.6) is 0 Å². The lowest BCUT2D eigenvalue weighted by Crippen LogP contribution is -2.32. The Bertz CT molecular complexity index is 926. The maximum Gasteiger partial charge on any atom is 0.271 e. The van der Waals surface area contributed by atoms with Crippen LogP contribution in [0.4, 0.5) is 5.69 Å². The number of nitrogens with zero attached hydrogens (tertiary/aromatic N) is 2. The fraction of sp³-hybridized carbons (Fsp3) is 0.273. The first-order valence-corrected chi connectivity index (χ1v) is 9.77. The van der Waals surface area contributed by atoms with Crippen molar-refractivity contribution in [2.45, 2.75) is 6.42 Å². The van der Waals surface area contributed by atoms with E-state index < -0.39 is 5.91 Å². The number of carbonyl (C=O) groups is 3. The molecule has 4 N–H and O–H groups in total. The molecule has 0 radical (unpaired) electrons. The van der Waals surface area contributed by atoms with Gasteiger partial charge in [0.25, 0.3) is 11.8 Å². The van der Waals surface area contributed by atoms with Crippen LogP contribution in [-0.2, 0) is 4.79 Å². The van der Waals surface area contributed by atoms with E-state index in [-0.39, 0.29) is 37.9 Å². The summed E-state index contributed by atoms with van der Waals surface area (Å²) in [6.45, 7) is 0.220. The number of nitrogens with one attached hydrogen (secondary N) is 3. The lowest BCUT2D eigenvalue weighted by Gasteiger charge is -2.12. The number of anilines is 1. The van der Waals surface area contributed by atoms with Crippen LogP contribution in [0.15, 0.2) is 53.6 Å². The molecule has 2 aromatic rings. The van der Waals surface area contributed by atoms with Crippen LogP contribution in [0, 0.1) is 0 Å². The number of aliphatic hydroxyl groups is 1. The Morgan fingerprint density at radius 2 is 1.65 bits per heavy atom. The third-order valence-electron chi connectivity index (χ3n) is 4.25. The molecule has 0 heterocycles. The van der Waals surface area contributed by atoms with Crippen molar-refractivity contribution in [1.82, 2.24) is 16.1 Å². The number of hydrogen-bond acceptors (Lipinski definition) is 6. The van der Waals surface area contributed by atoms with Crippen LogP contribution >= 0.6 is 0 Å². The van der Waals surface area contributed by atoms with E-state index in [0.717, 1.165) is 11.3 Å². The fourth-order valence-electron chi connectivity index (χ4n) is 2.56. The van der Waals surface area contributed by atoms with E-state index in [9.17, 15) is 14.4 Å². The second-order valence-electron chi connectivity index (χ2n) is 6.85. The van der Waals surface area contributed by atoms with E-state index in [0.29, 0.717) is 11.1 Å². The number of rotatable bonds is 10. The minimum atomic E-state index is -0.396. The number of hydrogen-bond donors (Lipinski definition) is 4. The van der Waals surface area contributed by atoms with Gasteiger partial charge >= 0.3 is 0 Å². The number of amides is 3. The maximum atomic E-state index is 12.2. The summed E-state index contributed by atoms with van der Waals surface area (Å²) in [6, 6.07) is 13.8. The maximum absolute atomic E-state index is 12.2. The first-order valence-electron chi connectivity index (χ1n) is 9.77. The average Bonchev–Trinajstić information content (AvgIpc) is 2.77. The summed E-state index contributed by atoms with van der Waals surface area (Å²) in [5.74, 6) is -0.997. The predicted molar refractivity (Wildman–Crippen MR) is 119 cm³/mol. The van der Waals surface area contributed by atoms with Gasteiger partial charge in [0.05, 0.1) is 12.8 Å². The molecular formula is C22H27N5O4. The molecule has 0 spiro atoms. The molecular weight excluding hydrogens is 398 g/mol. The van der Waals surface area contributed by atoms with Crippen molar-refractivity contribution in [2.24, 2.45) is 5.10 Å². The van der Waals surface area contributed by atoms with Crippen molar-refractivity contribution >= 4 is 29.6 Å². The smallest absolute Gasteiger partial charge is 0.271 e. The van der Waals surface area contributed by atoms with Gasteiger partial charge in [0.1, 0.15) is 0 Å². The van der Waals surface area contributed by atoms with Crippen LogP contribution in [0.1, 0.15) is 32.7 Å². The molecule has 0 aliphatic heterocycles. The van der Waals surface area contributed by atoms with Gasteiger partial charge in [0, 0.05) is 50.4 Å². The molecule has 0 saturated carbocycles. The molecule has 0 aliphatic rings. The third kappa shape index (κ3) is 7.90. The largest absolute Gasteiger partial charge is 0.395 e. The van der Waals surface area contributed by atoms with Crippen molar-refractivity contribution in [2.75, 3.05) is 38.7 Å². The van der Waals surface area contributed by atoms with Crippen molar-refractivity contribution in [1.29, 1.82) is 0 Å². The molecule has 9 heteroatoms. The summed E-state index contributed by atoms with van der Waals surface area (Å²) in [5, 5.41) is 17.8. The Balaban J connectivity index is 1.83. The quantitative estimate of drug-likeness (QED) is 0.330. The highest BCUT2D eigenvalue weighted by Gasteiger charge is 2.09. The zero-order valence-corrected chi connectivity index (χ0v) is 17.6. The van der Waals surface area contributed by atoms with Crippen LogP contribution in [0.3, 0.4) is 0 Å². The zero-order chi connectivity index (χ0) is 22.6. The Morgan fingerprint density at radius 1 is 0.968 bits per heavy atom. The summed E-state index contributed by atoms with van der Waals surface area (Å²) in [7, 11) is 3.88. The molecule has 0 atom stereocenters. The topological polar surface area (TPSA) is 123 Å². The molecule has 0 bridgehead atoms. The summed E-state index contributed by atoms with van der Waals surface area (Å²) >= 11 is 0. The van der Waals surface area contributed by atoms with Gasteiger partial charge in [-0.2, -0.15) is 5.10 Å². The van der Waals surface area contributed by atoms with Crippen molar-refractivity contribution in [3.05, 3.63) is 65.2 Å². The Hall–Kier alpha value is -3.72. The van der Waals surface area contributed by atoms with Gasteiger partial charge in [-0.3, -0.25) is 14.4 Å². The van der Waals surface area contributed by atoms with Crippen LogP contribution in [-0.4, -0.2) is 62.8 Å². The molecule has 31 heavy (non-hydrogen) atoms. The molecule has 9 nitrogen and oxygen atoms in total. The summed E-state index contributed by atoms with van der Waals surface area (Å²) in [4.78, 5) is 37.7. The number of hydrazone groups is 1. The fourth-order valence-corrected chi connectivity index (χ4v) is 2.56. The molecule has 2 aromatic carbocycles. The summed E-state index contributed by atoms with van der Waals surface area (Å²) in [5.41, 5.74) is 5.07. The molecule has 0 aromatic heterocycles. The second kappa shape index (κ2) is 12.1. The number of carbonyl (C=O) groups excluding carboxylic acids is 3. The van der Waals surface area contributed by atoms with Gasteiger partial charge in [0.2, 0.25) is 5.91 Å². The van der Waals surface area contributed by atoms with Crippen LogP contribution in [0.25, 0.3) is 0 Å². The summed E-state index contributed by atoms with van der Waals surface area (Å²) in [6.07, 6.45) is 1.67. The SMILES string of the molecule is CN(C)c1cccc(C=NNC(=O)c2ccc(C(=O)NCCC(=O)NCCO)cc2)c1. The van der Waals surface area contributed by atoms with E-state index in [2.05, 4.69) is 21.2 Å². The highest BCUT2D eigenvalue weighted by molar-refractivity contribution is 5.98. The lowest BCUT2D eigenvalue weighted by atomic mass is 10.1. The van der Waals surface area contributed by atoms with Gasteiger partial charge in [-0.25, -0.2) is 5.43 Å². The van der Waals surface area contributed by atoms with Gasteiger partial charge in [0.15, 0.2) is 0 Å². The Labute approximate surface area is 181 Å². The van der Waals surface area contributed by atoms with Gasteiger partial charge in [-0.05, 0) is 42.0 Å². The lowest BCUT2D eigenvalue weighted by molar-refractivity contribution is -0.121. The first-order chi connectivity index (χ1) is 14.9. The van der Waals surface area contributed by atoms with Crippen molar-refractivity contribution < 1.29 is 19.5 Å². The molecule has 2 rings (SSSR count). The number of benzene rings is 2. The van der Waals surface area contributed by atoms with E-state index in [1.54, 1.807) is 6.21 Å². The standard InChI is InChI=1S/C22H27N5O4/c1-27(2)19-5-3-4-16(14-19)15-25-26-22(31)18-8-6-17(7-9-18)21(30)24-11-10-20(29)23-12-13-28/h3-9,14-15,28H,10-13H2,1-2H3,(H,23,29)(H,24,30)(H,26,31). The Kier molecular flexibility index (Phi) is 9.18. The normalized spacial score (nSPS) is 10.5. The highest BCUT2D eigenvalue weighted by atomic mass is 16.3. The van der Waals surface area contributed by atoms with Gasteiger partial charge in [-0.1, -0.05) is 12.1 Å².